The fourth-order valence-corrected chi connectivity index (χ4v) is 1.75. The van der Waals surface area contributed by atoms with Crippen LogP contribution in [0.15, 0.2) is 18.2 Å². The second-order valence-corrected chi connectivity index (χ2v) is 4.46. The molecule has 114 valence electrons. The monoisotopic (exact) mass is 313 g/mol. The minimum atomic E-state index is -0.612. The Morgan fingerprint density at radius 3 is 2.38 bits per heavy atom. The number of esters is 2. The summed E-state index contributed by atoms with van der Waals surface area (Å²) in [5.41, 5.74) is 0.575. The predicted molar refractivity (Wildman–Crippen MR) is 77.7 cm³/mol. The topological polar surface area (TPSA) is 81.7 Å². The molecule has 1 aromatic carbocycles. The quantitative estimate of drug-likeness (QED) is 0.643. The lowest BCUT2D eigenvalue weighted by atomic mass is 10.1. The molecule has 6 nitrogen and oxygen atoms in total. The average Bonchev–Trinajstić information content (AvgIpc) is 2.51. The van der Waals surface area contributed by atoms with E-state index in [9.17, 15) is 14.4 Å². The summed E-state index contributed by atoms with van der Waals surface area (Å²) in [4.78, 5) is 34.9. The van der Waals surface area contributed by atoms with Gasteiger partial charge >= 0.3 is 11.9 Å². The molecule has 0 aliphatic rings. The Labute approximate surface area is 127 Å². The van der Waals surface area contributed by atoms with Crippen molar-refractivity contribution in [2.24, 2.45) is 0 Å². The maximum Gasteiger partial charge on any atom is 0.339 e. The van der Waals surface area contributed by atoms with E-state index < -0.39 is 11.9 Å². The first kappa shape index (κ1) is 17.0. The van der Waals surface area contributed by atoms with Gasteiger partial charge in [0, 0.05) is 12.3 Å². The van der Waals surface area contributed by atoms with Crippen molar-refractivity contribution < 1.29 is 23.9 Å². The first-order chi connectivity index (χ1) is 10.0. The van der Waals surface area contributed by atoms with E-state index in [0.717, 1.165) is 0 Å². The van der Waals surface area contributed by atoms with Crippen LogP contribution in [0.4, 0.5) is 5.69 Å². The van der Waals surface area contributed by atoms with Crippen molar-refractivity contribution in [3.05, 3.63) is 29.3 Å². The maximum atomic E-state index is 11.7. The molecule has 1 amide bonds. The van der Waals surface area contributed by atoms with Crippen molar-refractivity contribution in [1.82, 2.24) is 0 Å². The largest absolute Gasteiger partial charge is 0.465 e. The zero-order valence-corrected chi connectivity index (χ0v) is 12.5. The fourth-order valence-electron chi connectivity index (χ4n) is 1.62. The molecule has 7 heteroatoms. The Morgan fingerprint density at radius 2 is 1.81 bits per heavy atom. The highest BCUT2D eigenvalue weighted by molar-refractivity contribution is 6.18. The van der Waals surface area contributed by atoms with Crippen LogP contribution < -0.4 is 5.32 Å². The van der Waals surface area contributed by atoms with Crippen molar-refractivity contribution in [3.8, 4) is 0 Å². The Morgan fingerprint density at radius 1 is 1.14 bits per heavy atom. The summed E-state index contributed by atoms with van der Waals surface area (Å²) >= 11 is 5.52. The molecule has 0 aliphatic heterocycles. The Kier molecular flexibility index (Phi) is 6.68. The highest BCUT2D eigenvalue weighted by Crippen LogP contribution is 2.20. The van der Waals surface area contributed by atoms with Crippen LogP contribution in [0.25, 0.3) is 0 Å². The molecule has 0 aromatic heterocycles. The molecule has 0 heterocycles. The summed E-state index contributed by atoms with van der Waals surface area (Å²) in [5, 5.41) is 2.57. The Balaban J connectivity index is 3.07. The van der Waals surface area contributed by atoms with Crippen molar-refractivity contribution >= 4 is 35.1 Å². The first-order valence-corrected chi connectivity index (χ1v) is 6.73. The van der Waals surface area contributed by atoms with Gasteiger partial charge in [-0.25, -0.2) is 9.59 Å². The number of amides is 1. The molecule has 21 heavy (non-hydrogen) atoms. The zero-order valence-electron chi connectivity index (χ0n) is 11.8. The number of methoxy groups -OCH3 is 2. The summed E-state index contributed by atoms with van der Waals surface area (Å²) < 4.78 is 9.24. The predicted octanol–water partition coefficient (Wildman–Crippen LogP) is 2.22. The lowest BCUT2D eigenvalue weighted by Crippen LogP contribution is -2.16. The van der Waals surface area contributed by atoms with E-state index in [4.69, 9.17) is 11.6 Å². The molecular formula is C14H16ClNO5. The van der Waals surface area contributed by atoms with E-state index in [1.807, 2.05) is 0 Å². The van der Waals surface area contributed by atoms with E-state index in [0.29, 0.717) is 12.3 Å². The van der Waals surface area contributed by atoms with Crippen LogP contribution in [0.1, 0.15) is 33.6 Å². The van der Waals surface area contributed by atoms with E-state index in [-0.39, 0.29) is 29.1 Å². The molecule has 0 unspecified atom stereocenters. The highest BCUT2D eigenvalue weighted by Gasteiger charge is 2.17. The van der Waals surface area contributed by atoms with Crippen LogP contribution in [0, 0.1) is 0 Å². The second kappa shape index (κ2) is 8.26. The zero-order chi connectivity index (χ0) is 15.8. The van der Waals surface area contributed by atoms with Crippen molar-refractivity contribution in [1.29, 1.82) is 0 Å². The number of carbonyl (C=O) groups is 3. The number of rotatable bonds is 6. The molecule has 0 radical (unpaired) electrons. The van der Waals surface area contributed by atoms with Gasteiger partial charge in [-0.3, -0.25) is 4.79 Å². The number of hydrogen-bond acceptors (Lipinski definition) is 5. The van der Waals surface area contributed by atoms with Crippen LogP contribution in [-0.4, -0.2) is 37.9 Å². The van der Waals surface area contributed by atoms with Gasteiger partial charge in [-0.2, -0.15) is 0 Å². The first-order valence-electron chi connectivity index (χ1n) is 6.20. The summed E-state index contributed by atoms with van der Waals surface area (Å²) in [6.07, 6.45) is 0.726. The summed E-state index contributed by atoms with van der Waals surface area (Å²) in [6, 6.07) is 4.19. The van der Waals surface area contributed by atoms with E-state index in [1.165, 1.54) is 32.4 Å². The van der Waals surface area contributed by atoms with Crippen LogP contribution >= 0.6 is 11.6 Å². The van der Waals surface area contributed by atoms with E-state index in [2.05, 4.69) is 14.8 Å². The van der Waals surface area contributed by atoms with Gasteiger partial charge < -0.3 is 14.8 Å². The van der Waals surface area contributed by atoms with Gasteiger partial charge in [-0.1, -0.05) is 0 Å². The second-order valence-electron chi connectivity index (χ2n) is 4.08. The van der Waals surface area contributed by atoms with Crippen molar-refractivity contribution in [2.45, 2.75) is 12.8 Å². The van der Waals surface area contributed by atoms with Gasteiger partial charge in [0.05, 0.1) is 31.0 Å². The van der Waals surface area contributed by atoms with Crippen LogP contribution in [-0.2, 0) is 14.3 Å². The number of nitrogens with one attached hydrogen (secondary N) is 1. The average molecular weight is 314 g/mol. The van der Waals surface area contributed by atoms with Crippen LogP contribution in [0.3, 0.4) is 0 Å². The third-order valence-corrected chi connectivity index (χ3v) is 2.92. The smallest absolute Gasteiger partial charge is 0.339 e. The molecule has 0 atom stereocenters. The summed E-state index contributed by atoms with van der Waals surface area (Å²) in [6.45, 7) is 0. The lowest BCUT2D eigenvalue weighted by molar-refractivity contribution is -0.116. The van der Waals surface area contributed by atoms with Crippen LogP contribution in [0.5, 0.6) is 0 Å². The minimum Gasteiger partial charge on any atom is -0.465 e. The lowest BCUT2D eigenvalue weighted by Gasteiger charge is -2.11. The molecule has 1 aromatic rings. The highest BCUT2D eigenvalue weighted by atomic mass is 35.5. The maximum absolute atomic E-state index is 11.7. The SMILES string of the molecule is COC(=O)c1ccc(C(=O)OC)c(NC(=O)CCCCl)c1. The molecule has 0 aliphatic carbocycles. The number of ether oxygens (including phenoxy) is 2. The molecule has 0 saturated carbocycles. The molecular weight excluding hydrogens is 298 g/mol. The number of benzene rings is 1. The number of alkyl halides is 1. The third-order valence-electron chi connectivity index (χ3n) is 2.66. The van der Waals surface area contributed by atoms with Gasteiger partial charge in [0.25, 0.3) is 0 Å². The Bertz CT molecular complexity index is 544. The van der Waals surface area contributed by atoms with E-state index >= 15 is 0 Å². The third kappa shape index (κ3) is 4.75. The summed E-state index contributed by atoms with van der Waals surface area (Å²) in [7, 11) is 2.48. The van der Waals surface area contributed by atoms with Gasteiger partial charge in [0.15, 0.2) is 0 Å². The number of halogens is 1. The minimum absolute atomic E-state index is 0.157. The van der Waals surface area contributed by atoms with Gasteiger partial charge in [0.1, 0.15) is 0 Å². The fraction of sp³-hybridized carbons (Fsp3) is 0.357. The molecule has 0 fully saturated rings. The van der Waals surface area contributed by atoms with Gasteiger partial charge in [0.2, 0.25) is 5.91 Å². The van der Waals surface area contributed by atoms with E-state index in [1.54, 1.807) is 0 Å². The summed E-state index contributed by atoms with van der Waals surface area (Å²) in [5.74, 6) is -1.12. The molecule has 0 saturated heterocycles. The number of carbonyl (C=O) groups excluding carboxylic acids is 3. The van der Waals surface area contributed by atoms with Crippen molar-refractivity contribution in [2.75, 3.05) is 25.4 Å². The number of anilines is 1. The normalized spacial score (nSPS) is 9.86. The Hall–Kier alpha value is -2.08. The standard InChI is InChI=1S/C14H16ClNO5/c1-20-13(18)9-5-6-10(14(19)21-2)11(8-9)16-12(17)4-3-7-15/h5-6,8H,3-4,7H2,1-2H3,(H,16,17). The number of hydrogen-bond donors (Lipinski definition) is 1. The van der Waals surface area contributed by atoms with Gasteiger partial charge in [-0.05, 0) is 24.6 Å². The molecule has 1 rings (SSSR count). The van der Waals surface area contributed by atoms with Crippen molar-refractivity contribution in [3.63, 3.8) is 0 Å². The molecule has 1 N–H and O–H groups in total. The van der Waals surface area contributed by atoms with Crippen LogP contribution in [0.2, 0.25) is 0 Å². The molecule has 0 spiro atoms. The van der Waals surface area contributed by atoms with Gasteiger partial charge in [-0.15, -0.1) is 11.6 Å². The molecule has 0 bridgehead atoms.